The first-order chi connectivity index (χ1) is 14.5. The van der Waals surface area contributed by atoms with Crippen molar-refractivity contribution in [2.45, 2.75) is 25.7 Å². The minimum atomic E-state index is -0.912. The first kappa shape index (κ1) is 18.4. The van der Waals surface area contributed by atoms with Crippen LogP contribution in [0.25, 0.3) is 28.1 Å². The summed E-state index contributed by atoms with van der Waals surface area (Å²) >= 11 is 0. The Balaban J connectivity index is 1.84. The molecule has 0 bridgehead atoms. The normalized spacial score (nSPS) is 14.1. The standard InChI is InChI=1S/C27H23NO2/c1-27(2)17-25-22(21-13-6-7-14-23(21)27)16-24(18-9-4-3-5-10-18)28(25)20-12-8-11-19(15-20)26(29)30/h3-16H,17H2,1-2H3,(H,29,30). The first-order valence-corrected chi connectivity index (χ1v) is 10.2. The Kier molecular flexibility index (Phi) is 4.14. The van der Waals surface area contributed by atoms with Crippen LogP contribution in [0.3, 0.4) is 0 Å². The zero-order valence-corrected chi connectivity index (χ0v) is 17.1. The number of hydrogen-bond acceptors (Lipinski definition) is 1. The van der Waals surface area contributed by atoms with Crippen molar-refractivity contribution in [1.29, 1.82) is 0 Å². The Labute approximate surface area is 176 Å². The number of fused-ring (bicyclic) bond motifs is 3. The minimum Gasteiger partial charge on any atom is -0.478 e. The van der Waals surface area contributed by atoms with Crippen molar-refractivity contribution in [3.8, 4) is 28.1 Å². The van der Waals surface area contributed by atoms with Crippen molar-refractivity contribution >= 4 is 5.97 Å². The maximum atomic E-state index is 11.6. The second kappa shape index (κ2) is 6.74. The number of benzene rings is 3. The third-order valence-corrected chi connectivity index (χ3v) is 6.08. The highest BCUT2D eigenvalue weighted by Gasteiger charge is 2.34. The summed E-state index contributed by atoms with van der Waals surface area (Å²) in [7, 11) is 0. The zero-order chi connectivity index (χ0) is 20.9. The van der Waals surface area contributed by atoms with E-state index < -0.39 is 5.97 Å². The largest absolute Gasteiger partial charge is 0.478 e. The average molecular weight is 393 g/mol. The van der Waals surface area contributed by atoms with E-state index in [0.29, 0.717) is 5.56 Å². The number of carbonyl (C=O) groups is 1. The molecule has 1 N–H and O–H groups in total. The summed E-state index contributed by atoms with van der Waals surface area (Å²) in [6.45, 7) is 4.56. The zero-order valence-electron chi connectivity index (χ0n) is 17.1. The van der Waals surface area contributed by atoms with Gasteiger partial charge in [-0.15, -0.1) is 0 Å². The minimum absolute atomic E-state index is 0.0158. The molecule has 0 radical (unpaired) electrons. The fourth-order valence-electron chi connectivity index (χ4n) is 4.67. The fraction of sp³-hybridized carbons (Fsp3) is 0.148. The molecule has 3 heteroatoms. The van der Waals surface area contributed by atoms with E-state index in [0.717, 1.165) is 23.4 Å². The van der Waals surface area contributed by atoms with Gasteiger partial charge < -0.3 is 9.67 Å². The molecule has 30 heavy (non-hydrogen) atoms. The van der Waals surface area contributed by atoms with Gasteiger partial charge in [-0.1, -0.05) is 74.5 Å². The maximum Gasteiger partial charge on any atom is 0.335 e. The van der Waals surface area contributed by atoms with Crippen LogP contribution in [-0.2, 0) is 11.8 Å². The van der Waals surface area contributed by atoms with Crippen LogP contribution in [0.4, 0.5) is 0 Å². The van der Waals surface area contributed by atoms with Crippen LogP contribution >= 0.6 is 0 Å². The number of aromatic nitrogens is 1. The molecular formula is C27H23NO2. The van der Waals surface area contributed by atoms with E-state index in [1.165, 1.54) is 22.4 Å². The van der Waals surface area contributed by atoms with Gasteiger partial charge in [0.05, 0.1) is 11.3 Å². The van der Waals surface area contributed by atoms with E-state index in [9.17, 15) is 9.90 Å². The molecule has 1 aliphatic carbocycles. The maximum absolute atomic E-state index is 11.6. The Bertz CT molecular complexity index is 1270. The van der Waals surface area contributed by atoms with Gasteiger partial charge in [0, 0.05) is 16.9 Å². The van der Waals surface area contributed by atoms with Crippen molar-refractivity contribution < 1.29 is 9.90 Å². The highest BCUT2D eigenvalue weighted by atomic mass is 16.4. The van der Waals surface area contributed by atoms with Gasteiger partial charge in [-0.25, -0.2) is 4.79 Å². The first-order valence-electron chi connectivity index (χ1n) is 10.2. The molecule has 3 nitrogen and oxygen atoms in total. The Morgan fingerprint density at radius 3 is 2.37 bits per heavy atom. The van der Waals surface area contributed by atoms with E-state index in [1.807, 2.05) is 30.3 Å². The monoisotopic (exact) mass is 393 g/mol. The van der Waals surface area contributed by atoms with Crippen molar-refractivity contribution in [3.63, 3.8) is 0 Å². The lowest BCUT2D eigenvalue weighted by molar-refractivity contribution is 0.0697. The van der Waals surface area contributed by atoms with Gasteiger partial charge >= 0.3 is 5.97 Å². The van der Waals surface area contributed by atoms with Crippen LogP contribution in [0.2, 0.25) is 0 Å². The summed E-state index contributed by atoms with van der Waals surface area (Å²) < 4.78 is 2.24. The molecule has 1 heterocycles. The Morgan fingerprint density at radius 2 is 1.60 bits per heavy atom. The topological polar surface area (TPSA) is 42.2 Å². The smallest absolute Gasteiger partial charge is 0.335 e. The van der Waals surface area contributed by atoms with Crippen molar-refractivity contribution in [1.82, 2.24) is 4.57 Å². The molecule has 0 spiro atoms. The summed E-state index contributed by atoms with van der Waals surface area (Å²) in [6, 6.07) is 28.4. The lowest BCUT2D eigenvalue weighted by Crippen LogP contribution is -2.26. The third kappa shape index (κ3) is 2.86. The molecule has 5 rings (SSSR count). The van der Waals surface area contributed by atoms with Crippen LogP contribution < -0.4 is 0 Å². The predicted molar refractivity (Wildman–Crippen MR) is 120 cm³/mol. The van der Waals surface area contributed by atoms with E-state index >= 15 is 0 Å². The van der Waals surface area contributed by atoms with E-state index in [2.05, 4.69) is 60.9 Å². The summed E-state index contributed by atoms with van der Waals surface area (Å²) in [4.78, 5) is 11.6. The molecule has 0 aliphatic heterocycles. The lowest BCUT2D eigenvalue weighted by atomic mass is 9.72. The van der Waals surface area contributed by atoms with Crippen molar-refractivity contribution in [3.05, 3.63) is 102 Å². The summed E-state index contributed by atoms with van der Waals surface area (Å²) in [5.41, 5.74) is 8.42. The Morgan fingerprint density at radius 1 is 0.867 bits per heavy atom. The number of nitrogens with zero attached hydrogens (tertiary/aromatic N) is 1. The third-order valence-electron chi connectivity index (χ3n) is 6.08. The summed E-state index contributed by atoms with van der Waals surface area (Å²) in [6.07, 6.45) is 0.878. The van der Waals surface area contributed by atoms with Crippen LogP contribution in [0.5, 0.6) is 0 Å². The van der Waals surface area contributed by atoms with Crippen molar-refractivity contribution in [2.75, 3.05) is 0 Å². The van der Waals surface area contributed by atoms with Gasteiger partial charge in [-0.3, -0.25) is 0 Å². The second-order valence-electron chi connectivity index (χ2n) is 8.55. The lowest BCUT2D eigenvalue weighted by Gasteiger charge is -2.33. The van der Waals surface area contributed by atoms with Crippen LogP contribution in [0.1, 0.15) is 35.5 Å². The number of rotatable bonds is 3. The molecule has 0 saturated heterocycles. The molecule has 3 aromatic carbocycles. The van der Waals surface area contributed by atoms with Crippen molar-refractivity contribution in [2.24, 2.45) is 0 Å². The van der Waals surface area contributed by atoms with Gasteiger partial charge in [0.15, 0.2) is 0 Å². The average Bonchev–Trinajstić information content (AvgIpc) is 3.13. The second-order valence-corrected chi connectivity index (χ2v) is 8.55. The summed E-state index contributed by atoms with van der Waals surface area (Å²) in [5, 5.41) is 9.54. The SMILES string of the molecule is CC1(C)Cc2c(cc(-c3ccccc3)n2-c2cccc(C(=O)O)c2)-c2ccccc21. The molecule has 0 saturated carbocycles. The van der Waals surface area contributed by atoms with E-state index in [4.69, 9.17) is 0 Å². The quantitative estimate of drug-likeness (QED) is 0.441. The van der Waals surface area contributed by atoms with Gasteiger partial charge in [0.25, 0.3) is 0 Å². The molecular weight excluding hydrogens is 370 g/mol. The van der Waals surface area contributed by atoms with Crippen LogP contribution in [0.15, 0.2) is 84.9 Å². The number of aromatic carboxylic acids is 1. The number of carboxylic acid groups (broad SMARTS) is 1. The van der Waals surface area contributed by atoms with Gasteiger partial charge in [-0.2, -0.15) is 0 Å². The van der Waals surface area contributed by atoms with E-state index in [1.54, 1.807) is 12.1 Å². The molecule has 0 fully saturated rings. The van der Waals surface area contributed by atoms with Crippen LogP contribution in [-0.4, -0.2) is 15.6 Å². The number of hydrogen-bond donors (Lipinski definition) is 1. The molecule has 1 aromatic heterocycles. The molecule has 148 valence electrons. The fourth-order valence-corrected chi connectivity index (χ4v) is 4.67. The molecule has 4 aromatic rings. The molecule has 0 atom stereocenters. The molecule has 0 unspecified atom stereocenters. The molecule has 0 amide bonds. The van der Waals surface area contributed by atoms with E-state index in [-0.39, 0.29) is 5.41 Å². The van der Waals surface area contributed by atoms with Gasteiger partial charge in [0.2, 0.25) is 0 Å². The van der Waals surface area contributed by atoms with Crippen LogP contribution in [0, 0.1) is 0 Å². The highest BCUT2D eigenvalue weighted by Crippen LogP contribution is 2.46. The predicted octanol–water partition coefficient (Wildman–Crippen LogP) is 6.34. The highest BCUT2D eigenvalue weighted by molar-refractivity contribution is 5.89. The molecule has 1 aliphatic rings. The van der Waals surface area contributed by atoms with Gasteiger partial charge in [0.1, 0.15) is 0 Å². The van der Waals surface area contributed by atoms with Gasteiger partial charge in [-0.05, 0) is 52.8 Å². The Hall–Kier alpha value is -3.59. The number of carboxylic acids is 1. The summed E-state index contributed by atoms with van der Waals surface area (Å²) in [5.74, 6) is -0.912.